The Bertz CT molecular complexity index is 762. The van der Waals surface area contributed by atoms with E-state index in [-0.39, 0.29) is 12.5 Å². The predicted molar refractivity (Wildman–Crippen MR) is 105 cm³/mol. The molecule has 0 saturated heterocycles. The minimum atomic E-state index is -0.312. The molecule has 0 spiro atoms. The highest BCUT2D eigenvalue weighted by atomic mass is 32.1. The molecule has 1 amide bonds. The van der Waals surface area contributed by atoms with Crippen LogP contribution in [0.3, 0.4) is 0 Å². The van der Waals surface area contributed by atoms with E-state index in [1.807, 2.05) is 56.3 Å². The maximum atomic E-state index is 11.9. The lowest BCUT2D eigenvalue weighted by molar-refractivity contribution is -0.123. The van der Waals surface area contributed by atoms with E-state index in [0.717, 1.165) is 23.2 Å². The number of benzene rings is 2. The number of para-hydroxylation sites is 2. The molecule has 0 aromatic heterocycles. The van der Waals surface area contributed by atoms with Crippen molar-refractivity contribution in [2.45, 2.75) is 27.2 Å². The standard InChI is InChI=1S/C19H23N3O2S/c1-4-15-10-7-9-14(3)18(15)20-19(25)22-21-17(23)12-24-16-11-6-5-8-13(16)2/h5-11H,4,12H2,1-3H3,(H,21,23)(H2,20,22,25). The fraction of sp³-hybridized carbons (Fsp3) is 0.263. The topological polar surface area (TPSA) is 62.4 Å². The number of rotatable bonds is 5. The van der Waals surface area contributed by atoms with Gasteiger partial charge in [-0.05, 0) is 55.2 Å². The summed E-state index contributed by atoms with van der Waals surface area (Å²) in [5, 5.41) is 3.46. The van der Waals surface area contributed by atoms with E-state index in [1.54, 1.807) is 0 Å². The number of thiocarbonyl (C=S) groups is 1. The minimum absolute atomic E-state index is 0.0922. The number of nitrogens with one attached hydrogen (secondary N) is 3. The van der Waals surface area contributed by atoms with Gasteiger partial charge in [0.2, 0.25) is 0 Å². The monoisotopic (exact) mass is 357 g/mol. The van der Waals surface area contributed by atoms with Gasteiger partial charge in [0, 0.05) is 5.69 Å². The van der Waals surface area contributed by atoms with Crippen LogP contribution < -0.4 is 20.9 Å². The molecule has 0 radical (unpaired) electrons. The van der Waals surface area contributed by atoms with Crippen molar-refractivity contribution >= 4 is 28.9 Å². The molecule has 132 valence electrons. The van der Waals surface area contributed by atoms with Crippen molar-refractivity contribution in [1.82, 2.24) is 10.9 Å². The number of carbonyl (C=O) groups excluding carboxylic acids is 1. The van der Waals surface area contributed by atoms with E-state index in [0.29, 0.717) is 10.9 Å². The molecule has 0 aliphatic rings. The lowest BCUT2D eigenvalue weighted by atomic mass is 10.1. The first-order valence-electron chi connectivity index (χ1n) is 8.14. The SMILES string of the molecule is CCc1cccc(C)c1NC(=S)NNC(=O)COc1ccccc1C. The molecule has 2 rings (SSSR count). The molecule has 0 aliphatic heterocycles. The Morgan fingerprint density at radius 3 is 2.48 bits per heavy atom. The summed E-state index contributed by atoms with van der Waals surface area (Å²) >= 11 is 5.24. The third kappa shape index (κ3) is 5.46. The van der Waals surface area contributed by atoms with Crippen molar-refractivity contribution < 1.29 is 9.53 Å². The quantitative estimate of drug-likeness (QED) is 0.566. The summed E-state index contributed by atoms with van der Waals surface area (Å²) in [4.78, 5) is 11.9. The van der Waals surface area contributed by atoms with Crippen molar-refractivity contribution in [3.63, 3.8) is 0 Å². The van der Waals surface area contributed by atoms with E-state index >= 15 is 0 Å². The molecule has 0 fully saturated rings. The Balaban J connectivity index is 1.82. The van der Waals surface area contributed by atoms with Crippen LogP contribution in [0.15, 0.2) is 42.5 Å². The molecule has 25 heavy (non-hydrogen) atoms. The van der Waals surface area contributed by atoms with Crippen LogP contribution in [0.25, 0.3) is 0 Å². The van der Waals surface area contributed by atoms with Crippen LogP contribution >= 0.6 is 12.2 Å². The average Bonchev–Trinajstić information content (AvgIpc) is 2.61. The summed E-state index contributed by atoms with van der Waals surface area (Å²) in [6, 6.07) is 13.6. The van der Waals surface area contributed by atoms with Gasteiger partial charge in [0.25, 0.3) is 5.91 Å². The van der Waals surface area contributed by atoms with Crippen LogP contribution in [0.1, 0.15) is 23.6 Å². The van der Waals surface area contributed by atoms with E-state index in [1.165, 1.54) is 5.56 Å². The summed E-state index contributed by atoms with van der Waals surface area (Å²) in [5.74, 6) is 0.374. The summed E-state index contributed by atoms with van der Waals surface area (Å²) < 4.78 is 5.49. The molecule has 2 aromatic carbocycles. The van der Waals surface area contributed by atoms with Crippen molar-refractivity contribution in [2.24, 2.45) is 0 Å². The van der Waals surface area contributed by atoms with Gasteiger partial charge in [0.05, 0.1) is 0 Å². The first-order valence-corrected chi connectivity index (χ1v) is 8.54. The van der Waals surface area contributed by atoms with Gasteiger partial charge < -0.3 is 10.1 Å². The van der Waals surface area contributed by atoms with Crippen LogP contribution in [-0.2, 0) is 11.2 Å². The molecule has 0 unspecified atom stereocenters. The maximum absolute atomic E-state index is 11.9. The molecule has 0 atom stereocenters. The number of aryl methyl sites for hydroxylation is 3. The summed E-state index contributed by atoms with van der Waals surface area (Å²) in [7, 11) is 0. The largest absolute Gasteiger partial charge is 0.483 e. The first-order chi connectivity index (χ1) is 12.0. The van der Waals surface area contributed by atoms with Crippen LogP contribution in [-0.4, -0.2) is 17.6 Å². The van der Waals surface area contributed by atoms with Gasteiger partial charge in [-0.3, -0.25) is 15.6 Å². The number of anilines is 1. The van der Waals surface area contributed by atoms with Gasteiger partial charge in [-0.1, -0.05) is 43.3 Å². The van der Waals surface area contributed by atoms with Crippen molar-refractivity contribution in [2.75, 3.05) is 11.9 Å². The molecule has 5 nitrogen and oxygen atoms in total. The highest BCUT2D eigenvalue weighted by Crippen LogP contribution is 2.20. The molecule has 2 aromatic rings. The van der Waals surface area contributed by atoms with Gasteiger partial charge >= 0.3 is 0 Å². The third-order valence-electron chi connectivity index (χ3n) is 3.75. The van der Waals surface area contributed by atoms with Crippen LogP contribution in [0.2, 0.25) is 0 Å². The molecule has 3 N–H and O–H groups in total. The van der Waals surface area contributed by atoms with E-state index < -0.39 is 0 Å². The van der Waals surface area contributed by atoms with Crippen molar-refractivity contribution in [3.8, 4) is 5.75 Å². The first kappa shape index (κ1) is 18.7. The van der Waals surface area contributed by atoms with Crippen LogP contribution in [0.5, 0.6) is 5.75 Å². The van der Waals surface area contributed by atoms with Gasteiger partial charge in [-0.25, -0.2) is 0 Å². The molecule has 6 heteroatoms. The molecule has 0 saturated carbocycles. The summed E-state index contributed by atoms with van der Waals surface area (Å²) in [6.07, 6.45) is 0.892. The zero-order valence-electron chi connectivity index (χ0n) is 14.7. The van der Waals surface area contributed by atoms with Crippen LogP contribution in [0.4, 0.5) is 5.69 Å². The minimum Gasteiger partial charge on any atom is -0.483 e. The Hall–Kier alpha value is -2.60. The normalized spacial score (nSPS) is 10.0. The highest BCUT2D eigenvalue weighted by Gasteiger charge is 2.08. The zero-order valence-corrected chi connectivity index (χ0v) is 15.5. The lowest BCUT2D eigenvalue weighted by Crippen LogP contribution is -2.45. The van der Waals surface area contributed by atoms with E-state index in [2.05, 4.69) is 23.1 Å². The third-order valence-corrected chi connectivity index (χ3v) is 3.95. The number of hydrogen-bond donors (Lipinski definition) is 3. The lowest BCUT2D eigenvalue weighted by Gasteiger charge is -2.16. The van der Waals surface area contributed by atoms with Crippen molar-refractivity contribution in [1.29, 1.82) is 0 Å². The average molecular weight is 357 g/mol. The number of ether oxygens (including phenoxy) is 1. The second-order valence-corrected chi connectivity index (χ2v) is 6.05. The van der Waals surface area contributed by atoms with Gasteiger partial charge in [0.15, 0.2) is 11.7 Å². The molecular formula is C19H23N3O2S. The Morgan fingerprint density at radius 1 is 1.04 bits per heavy atom. The Kier molecular flexibility index (Phi) is 6.77. The number of hydrogen-bond acceptors (Lipinski definition) is 3. The molecule has 0 heterocycles. The second kappa shape index (κ2) is 9.03. The summed E-state index contributed by atoms with van der Waals surface area (Å²) in [6.45, 7) is 5.93. The van der Waals surface area contributed by atoms with Crippen molar-refractivity contribution in [3.05, 3.63) is 59.2 Å². The molecule has 0 aliphatic carbocycles. The van der Waals surface area contributed by atoms with E-state index in [4.69, 9.17) is 17.0 Å². The van der Waals surface area contributed by atoms with Gasteiger partial charge in [-0.2, -0.15) is 0 Å². The van der Waals surface area contributed by atoms with Gasteiger partial charge in [0.1, 0.15) is 5.75 Å². The zero-order chi connectivity index (χ0) is 18.2. The molecular weight excluding hydrogens is 334 g/mol. The number of amides is 1. The Labute approximate surface area is 153 Å². The highest BCUT2D eigenvalue weighted by molar-refractivity contribution is 7.80. The fourth-order valence-corrected chi connectivity index (χ4v) is 2.52. The number of hydrazine groups is 1. The number of carbonyl (C=O) groups is 1. The van der Waals surface area contributed by atoms with Gasteiger partial charge in [-0.15, -0.1) is 0 Å². The smallest absolute Gasteiger partial charge is 0.276 e. The fourth-order valence-electron chi connectivity index (χ4n) is 2.37. The second-order valence-electron chi connectivity index (χ2n) is 5.64. The Morgan fingerprint density at radius 2 is 1.76 bits per heavy atom. The van der Waals surface area contributed by atoms with Crippen LogP contribution in [0, 0.1) is 13.8 Å². The summed E-state index contributed by atoms with van der Waals surface area (Å²) in [5.41, 5.74) is 9.44. The molecule has 0 bridgehead atoms. The predicted octanol–water partition coefficient (Wildman–Crippen LogP) is 3.26. The maximum Gasteiger partial charge on any atom is 0.276 e. The van der Waals surface area contributed by atoms with E-state index in [9.17, 15) is 4.79 Å².